The lowest BCUT2D eigenvalue weighted by atomic mass is 9.88. The molecule has 1 saturated carbocycles. The largest absolute Gasteiger partial charge is 0.445 e. The minimum absolute atomic E-state index is 0.0956. The number of nitriles is 1. The zero-order chi connectivity index (χ0) is 42.7. The van der Waals surface area contributed by atoms with Crippen molar-refractivity contribution < 1.29 is 63.3 Å². The monoisotopic (exact) mass is 830 g/mol. The maximum Gasteiger partial charge on any atom is 0.419 e. The molecule has 3 aliphatic heterocycles. The highest BCUT2D eigenvalue weighted by molar-refractivity contribution is 5.93. The first-order valence-electron chi connectivity index (χ1n) is 19.8. The Bertz CT molecular complexity index is 1870. The number of ether oxygens (including phenoxy) is 5. The first kappa shape index (κ1) is 44.0. The van der Waals surface area contributed by atoms with E-state index in [0.29, 0.717) is 29.9 Å². The number of hydrogen-bond acceptors (Lipinski definition) is 17. The van der Waals surface area contributed by atoms with Gasteiger partial charge in [0.2, 0.25) is 11.8 Å². The number of rotatable bonds is 12. The topological polar surface area (TPSA) is 280 Å². The summed E-state index contributed by atoms with van der Waals surface area (Å²) in [5.74, 6) is -0.585. The van der Waals surface area contributed by atoms with Gasteiger partial charge >= 0.3 is 6.09 Å². The van der Waals surface area contributed by atoms with Gasteiger partial charge in [0, 0.05) is 52.1 Å². The number of aliphatic hydroxyl groups excluding tert-OH is 4. The van der Waals surface area contributed by atoms with E-state index in [0.717, 1.165) is 6.42 Å². The summed E-state index contributed by atoms with van der Waals surface area (Å²) in [5, 5.41) is 57.8. The summed E-state index contributed by atoms with van der Waals surface area (Å²) in [4.78, 5) is 64.0. The number of likely N-dealkylation sites (tertiary alicyclic amines) is 1. The van der Waals surface area contributed by atoms with Gasteiger partial charge < -0.3 is 64.5 Å². The second-order valence-electron chi connectivity index (χ2n) is 15.9. The van der Waals surface area contributed by atoms with Crippen LogP contribution in [0.2, 0.25) is 0 Å². The van der Waals surface area contributed by atoms with Gasteiger partial charge in [-0.1, -0.05) is 6.92 Å². The van der Waals surface area contributed by atoms with E-state index in [1.165, 1.54) is 17.8 Å². The fraction of sp³-hybridized carbons (Fsp3) is 0.711. The summed E-state index contributed by atoms with van der Waals surface area (Å²) < 4.78 is 30.2. The van der Waals surface area contributed by atoms with Gasteiger partial charge in [-0.25, -0.2) is 19.3 Å². The Balaban J connectivity index is 1.08. The number of nitrogens with one attached hydrogen (secondary N) is 2. The molecule has 1 aliphatic carbocycles. The molecule has 2 aromatic heterocycles. The number of amides is 3. The molecule has 4 fully saturated rings. The lowest BCUT2D eigenvalue weighted by Gasteiger charge is -2.46. The Morgan fingerprint density at radius 2 is 1.85 bits per heavy atom. The molecule has 11 atom stereocenters. The van der Waals surface area contributed by atoms with Crippen LogP contribution in [0.15, 0.2) is 18.6 Å². The minimum atomic E-state index is -1.74. The fourth-order valence-electron chi connectivity index (χ4n) is 8.12. The van der Waals surface area contributed by atoms with Crippen molar-refractivity contribution in [3.63, 3.8) is 0 Å². The summed E-state index contributed by atoms with van der Waals surface area (Å²) >= 11 is 0. The van der Waals surface area contributed by atoms with E-state index in [9.17, 15) is 39.6 Å². The maximum atomic E-state index is 13.7. The first-order valence-corrected chi connectivity index (χ1v) is 19.8. The van der Waals surface area contributed by atoms with Crippen molar-refractivity contribution in [2.24, 2.45) is 5.92 Å². The Morgan fingerprint density at radius 3 is 2.53 bits per heavy atom. The van der Waals surface area contributed by atoms with Crippen LogP contribution in [-0.4, -0.2) is 176 Å². The number of carbonyl (C=O) groups is 4. The third kappa shape index (κ3) is 9.60. The summed E-state index contributed by atoms with van der Waals surface area (Å²) in [6, 6.07) is 2.16. The average molecular weight is 831 g/mol. The van der Waals surface area contributed by atoms with Crippen LogP contribution in [0.5, 0.6) is 0 Å². The summed E-state index contributed by atoms with van der Waals surface area (Å²) in [6.07, 6.45) is -9.49. The average Bonchev–Trinajstić information content (AvgIpc) is 3.62. The molecule has 6 rings (SSSR count). The van der Waals surface area contributed by atoms with Crippen molar-refractivity contribution in [1.29, 1.82) is 5.26 Å². The molecule has 4 aliphatic rings. The highest BCUT2D eigenvalue weighted by Crippen LogP contribution is 2.33. The molecule has 3 saturated heterocycles. The van der Waals surface area contributed by atoms with Crippen LogP contribution >= 0.6 is 0 Å². The summed E-state index contributed by atoms with van der Waals surface area (Å²) in [7, 11) is 1.87. The van der Waals surface area contributed by atoms with Gasteiger partial charge in [-0.2, -0.15) is 5.26 Å². The van der Waals surface area contributed by atoms with Crippen LogP contribution in [0.4, 0.5) is 10.6 Å². The number of anilines is 1. The predicted octanol–water partition coefficient (Wildman–Crippen LogP) is -1.47. The number of hydrogen-bond donors (Lipinski definition) is 6. The Kier molecular flexibility index (Phi) is 14.0. The molecule has 0 spiro atoms. The van der Waals surface area contributed by atoms with Crippen molar-refractivity contribution >= 4 is 40.7 Å². The molecule has 8 unspecified atom stereocenters. The van der Waals surface area contributed by atoms with Gasteiger partial charge in [0.05, 0.1) is 42.9 Å². The number of nitrogens with zero attached hydrogens (tertiary/aromatic N) is 6. The molecule has 59 heavy (non-hydrogen) atoms. The van der Waals surface area contributed by atoms with Crippen LogP contribution < -0.4 is 15.5 Å². The Morgan fingerprint density at radius 1 is 1.10 bits per heavy atom. The minimum Gasteiger partial charge on any atom is -0.445 e. The third-order valence-electron chi connectivity index (χ3n) is 11.4. The summed E-state index contributed by atoms with van der Waals surface area (Å²) in [6.45, 7) is 7.00. The molecule has 2 aromatic rings. The van der Waals surface area contributed by atoms with Gasteiger partial charge in [-0.05, 0) is 32.3 Å². The van der Waals surface area contributed by atoms with Crippen molar-refractivity contribution in [3.05, 3.63) is 18.6 Å². The van der Waals surface area contributed by atoms with Crippen molar-refractivity contribution in [2.45, 2.75) is 133 Å². The van der Waals surface area contributed by atoms with Gasteiger partial charge in [-0.15, -0.1) is 0 Å². The molecule has 21 heteroatoms. The van der Waals surface area contributed by atoms with E-state index in [1.54, 1.807) is 31.0 Å². The fourth-order valence-corrected chi connectivity index (χ4v) is 8.12. The van der Waals surface area contributed by atoms with Gasteiger partial charge in [0.25, 0.3) is 5.91 Å². The van der Waals surface area contributed by atoms with E-state index in [1.807, 2.05) is 18.0 Å². The standard InChI is InChI=1S/C38H54N8O13/c1-18(2)56-32-29(51)30(52)37(58-31-24(42-20(4)48)16-55-26(15-47)28(31)50)59-33(32)36(53)43-21-12-22(13-21)57-38(54)46-11-8-23-34(40-17-41-35(23)46)44(5)25-14-45(10-7-19(25)3)27(49)6-9-39/h8,11,17-19,21-22,24-26,28-33,37,47,50-52H,6-7,10,12-16H2,1-5H3,(H,42,48)(H,43,53)/t19-,21?,22?,24-,25+,26?,28?,29?,30?,31?,32?,33?,37?/m1/s1. The molecular formula is C38H54N8O13. The van der Waals surface area contributed by atoms with Crippen LogP contribution in [0, 0.1) is 17.2 Å². The lowest BCUT2D eigenvalue weighted by Crippen LogP contribution is -2.67. The quantitative estimate of drug-likeness (QED) is 0.142. The zero-order valence-corrected chi connectivity index (χ0v) is 33.6. The normalized spacial score (nSPS) is 33.4. The maximum absolute atomic E-state index is 13.7. The molecule has 0 bridgehead atoms. The van der Waals surface area contributed by atoms with Crippen LogP contribution in [0.1, 0.15) is 53.4 Å². The number of aromatic nitrogens is 3. The van der Waals surface area contributed by atoms with Gasteiger partial charge in [-0.3, -0.25) is 14.4 Å². The van der Waals surface area contributed by atoms with E-state index in [2.05, 4.69) is 27.5 Å². The van der Waals surface area contributed by atoms with E-state index in [-0.39, 0.29) is 43.7 Å². The molecular weight excluding hydrogens is 776 g/mol. The zero-order valence-electron chi connectivity index (χ0n) is 33.6. The highest BCUT2D eigenvalue weighted by Gasteiger charge is 2.52. The van der Waals surface area contributed by atoms with Crippen molar-refractivity contribution in [3.8, 4) is 6.07 Å². The van der Waals surface area contributed by atoms with Crippen LogP contribution in [0.25, 0.3) is 11.0 Å². The smallest absolute Gasteiger partial charge is 0.419 e. The number of carbonyl (C=O) groups excluding carboxylic acids is 4. The number of aliphatic hydroxyl groups is 4. The molecule has 3 amide bonds. The van der Waals surface area contributed by atoms with Crippen molar-refractivity contribution in [1.82, 2.24) is 30.1 Å². The van der Waals surface area contributed by atoms with Crippen molar-refractivity contribution in [2.75, 3.05) is 38.3 Å². The third-order valence-corrected chi connectivity index (χ3v) is 11.4. The molecule has 6 N–H and O–H groups in total. The highest BCUT2D eigenvalue weighted by atomic mass is 16.7. The van der Waals surface area contributed by atoms with Gasteiger partial charge in [0.15, 0.2) is 18.0 Å². The Labute approximate surface area is 340 Å². The van der Waals surface area contributed by atoms with E-state index in [4.69, 9.17) is 28.9 Å². The second-order valence-corrected chi connectivity index (χ2v) is 15.9. The number of piperidine rings is 1. The van der Waals surface area contributed by atoms with Crippen LogP contribution in [0.3, 0.4) is 0 Å². The number of fused-ring (bicyclic) bond motifs is 1. The predicted molar refractivity (Wildman–Crippen MR) is 203 cm³/mol. The molecule has 0 aromatic carbocycles. The lowest BCUT2D eigenvalue weighted by molar-refractivity contribution is -0.326. The Hall–Kier alpha value is -4.53. The number of likely N-dealkylation sites (N-methyl/N-ethyl adjacent to an activating group) is 1. The van der Waals surface area contributed by atoms with Crippen LogP contribution in [-0.2, 0) is 38.1 Å². The van der Waals surface area contributed by atoms with Gasteiger partial charge in [0.1, 0.15) is 61.3 Å². The summed E-state index contributed by atoms with van der Waals surface area (Å²) in [5.41, 5.74) is 0.323. The molecule has 324 valence electrons. The molecule has 21 nitrogen and oxygen atoms in total. The van der Waals surface area contributed by atoms with E-state index < -0.39 is 97.8 Å². The molecule has 5 heterocycles. The SMILES string of the molecule is CC(=O)N[C@@H]1COC(CO)C(O)C1OC1OC(C(=O)NC2CC(OC(=O)n3ccc4c(N(C)[C@H]5CN(C(=O)CC#N)CC[C@H]5C)ncnc43)C2)C(OC(C)C)C(O)C1O. The second kappa shape index (κ2) is 18.8. The first-order chi connectivity index (χ1) is 28.1. The van der Waals surface area contributed by atoms with E-state index >= 15 is 0 Å². The molecule has 0 radical (unpaired) electrons.